The van der Waals surface area contributed by atoms with Gasteiger partial charge in [-0.15, -0.1) is 0 Å². The zero-order chi connectivity index (χ0) is 29.8. The fourth-order valence-corrected chi connectivity index (χ4v) is 6.64. The number of fused-ring (bicyclic) bond motifs is 1. The molecule has 9 nitrogen and oxygen atoms in total. The zero-order valence-electron chi connectivity index (χ0n) is 25.2. The molecule has 1 saturated carbocycles. The lowest BCUT2D eigenvalue weighted by Gasteiger charge is -2.29. The molecule has 224 valence electrons. The van der Waals surface area contributed by atoms with E-state index in [0.29, 0.717) is 31.2 Å². The predicted molar refractivity (Wildman–Crippen MR) is 168 cm³/mol. The van der Waals surface area contributed by atoms with Crippen LogP contribution in [0.2, 0.25) is 0 Å². The first-order chi connectivity index (χ1) is 20.9. The highest BCUT2D eigenvalue weighted by atomic mass is 16.2. The quantitative estimate of drug-likeness (QED) is 0.297. The van der Waals surface area contributed by atoms with Crippen LogP contribution < -0.4 is 5.32 Å². The van der Waals surface area contributed by atoms with Crippen molar-refractivity contribution in [1.82, 2.24) is 29.5 Å². The summed E-state index contributed by atoms with van der Waals surface area (Å²) >= 11 is 0. The van der Waals surface area contributed by atoms with Gasteiger partial charge in [-0.05, 0) is 74.7 Å². The third-order valence-corrected chi connectivity index (χ3v) is 8.98. The monoisotopic (exact) mass is 579 g/mol. The van der Waals surface area contributed by atoms with Crippen LogP contribution in [0, 0.1) is 12.8 Å². The number of amides is 2. The Bertz CT molecular complexity index is 1590. The Kier molecular flexibility index (Phi) is 8.79. The topological polar surface area (TPSA) is 96.2 Å². The molecule has 0 radical (unpaired) electrons. The van der Waals surface area contributed by atoms with Gasteiger partial charge in [0.15, 0.2) is 5.82 Å². The normalized spacial score (nSPS) is 17.8. The van der Waals surface area contributed by atoms with Crippen LogP contribution in [0.4, 0.5) is 5.82 Å². The number of hydrogen-bond donors (Lipinski definition) is 1. The van der Waals surface area contributed by atoms with E-state index in [2.05, 4.69) is 51.4 Å². The van der Waals surface area contributed by atoms with Gasteiger partial charge in [-0.3, -0.25) is 9.59 Å². The lowest BCUT2D eigenvalue weighted by Crippen LogP contribution is -2.42. The molecular weight excluding hydrogens is 538 g/mol. The van der Waals surface area contributed by atoms with E-state index in [1.807, 2.05) is 41.9 Å². The molecule has 2 amide bonds. The molecule has 1 N–H and O–H groups in total. The fraction of sp³-hybridized carbons (Fsp3) is 0.441. The number of benzene rings is 2. The van der Waals surface area contributed by atoms with Crippen molar-refractivity contribution in [3.63, 3.8) is 0 Å². The van der Waals surface area contributed by atoms with Crippen LogP contribution >= 0.6 is 0 Å². The highest BCUT2D eigenvalue weighted by Gasteiger charge is 2.28. The maximum Gasteiger partial charge on any atom is 0.229 e. The van der Waals surface area contributed by atoms with Crippen LogP contribution in [0.25, 0.3) is 22.2 Å². The number of aryl methyl sites for hydroxylation is 1. The fourth-order valence-electron chi connectivity index (χ4n) is 6.64. The van der Waals surface area contributed by atoms with E-state index in [-0.39, 0.29) is 23.8 Å². The predicted octanol–water partition coefficient (Wildman–Crippen LogP) is 5.10. The van der Waals surface area contributed by atoms with Crippen molar-refractivity contribution in [3.8, 4) is 11.4 Å². The zero-order valence-corrected chi connectivity index (χ0v) is 25.2. The number of nitrogens with zero attached hydrogens (tertiary/aromatic N) is 6. The SMILES string of the molecule is Cc1nc(-c2ccnc(NC(=O)C3CCCN(C)C3)c2)nn1CCN(C(=O)Cc1cccc2ccccc12)C1CCCC1. The number of aromatic nitrogens is 4. The molecule has 2 aliphatic rings. The van der Waals surface area contributed by atoms with E-state index in [4.69, 9.17) is 10.1 Å². The van der Waals surface area contributed by atoms with Gasteiger partial charge in [0.1, 0.15) is 11.6 Å². The highest BCUT2D eigenvalue weighted by Crippen LogP contribution is 2.26. The number of pyridine rings is 1. The first-order valence-electron chi connectivity index (χ1n) is 15.6. The van der Waals surface area contributed by atoms with E-state index >= 15 is 0 Å². The number of likely N-dealkylation sites (tertiary alicyclic amines) is 1. The van der Waals surface area contributed by atoms with Gasteiger partial charge in [0.25, 0.3) is 0 Å². The van der Waals surface area contributed by atoms with E-state index in [1.54, 1.807) is 6.20 Å². The molecule has 1 atom stereocenters. The van der Waals surface area contributed by atoms with Gasteiger partial charge in [-0.25, -0.2) is 14.6 Å². The number of nitrogens with one attached hydrogen (secondary N) is 1. The van der Waals surface area contributed by atoms with Gasteiger partial charge >= 0.3 is 0 Å². The largest absolute Gasteiger partial charge is 0.338 e. The van der Waals surface area contributed by atoms with Gasteiger partial charge < -0.3 is 15.1 Å². The maximum atomic E-state index is 13.8. The molecule has 43 heavy (non-hydrogen) atoms. The van der Waals surface area contributed by atoms with Crippen molar-refractivity contribution in [1.29, 1.82) is 0 Å². The van der Waals surface area contributed by atoms with E-state index in [0.717, 1.165) is 79.3 Å². The second-order valence-corrected chi connectivity index (χ2v) is 12.1. The van der Waals surface area contributed by atoms with E-state index in [1.165, 1.54) is 0 Å². The van der Waals surface area contributed by atoms with Gasteiger partial charge in [-0.1, -0.05) is 55.3 Å². The molecule has 1 aliphatic carbocycles. The number of rotatable bonds is 9. The summed E-state index contributed by atoms with van der Waals surface area (Å²) in [5.41, 5.74) is 1.87. The Morgan fingerprint density at radius 3 is 2.67 bits per heavy atom. The Hall–Kier alpha value is -4.11. The molecule has 2 aromatic heterocycles. The Labute approximate surface area is 253 Å². The minimum atomic E-state index is -0.0325. The Balaban J connectivity index is 1.14. The average molecular weight is 580 g/mol. The van der Waals surface area contributed by atoms with Crippen LogP contribution in [0.1, 0.15) is 49.9 Å². The summed E-state index contributed by atoms with van der Waals surface area (Å²) in [6, 6.07) is 18.4. The second kappa shape index (κ2) is 13.0. The molecule has 1 unspecified atom stereocenters. The minimum absolute atomic E-state index is 0.00559. The van der Waals surface area contributed by atoms with Crippen molar-refractivity contribution in [2.24, 2.45) is 5.92 Å². The molecule has 6 rings (SSSR count). The van der Waals surface area contributed by atoms with Crippen LogP contribution in [0.15, 0.2) is 60.8 Å². The summed E-state index contributed by atoms with van der Waals surface area (Å²) in [6.45, 7) is 4.89. The number of carbonyl (C=O) groups excluding carboxylic acids is 2. The third kappa shape index (κ3) is 6.77. The molecule has 3 heterocycles. The van der Waals surface area contributed by atoms with Crippen LogP contribution in [-0.2, 0) is 22.6 Å². The molecule has 0 bridgehead atoms. The van der Waals surface area contributed by atoms with E-state index in [9.17, 15) is 9.59 Å². The maximum absolute atomic E-state index is 13.8. The number of hydrogen-bond acceptors (Lipinski definition) is 6. The Morgan fingerprint density at radius 2 is 1.84 bits per heavy atom. The Morgan fingerprint density at radius 1 is 1.02 bits per heavy atom. The number of anilines is 1. The van der Waals surface area contributed by atoms with Gasteiger partial charge in [0.2, 0.25) is 11.8 Å². The smallest absolute Gasteiger partial charge is 0.229 e. The summed E-state index contributed by atoms with van der Waals surface area (Å²) in [7, 11) is 2.05. The van der Waals surface area contributed by atoms with Crippen molar-refractivity contribution in [2.75, 3.05) is 32.0 Å². The summed E-state index contributed by atoms with van der Waals surface area (Å²) in [6.07, 6.45) is 8.40. The van der Waals surface area contributed by atoms with Crippen molar-refractivity contribution < 1.29 is 9.59 Å². The van der Waals surface area contributed by atoms with Crippen molar-refractivity contribution >= 4 is 28.4 Å². The summed E-state index contributed by atoms with van der Waals surface area (Å²) in [4.78, 5) is 40.0. The molecule has 0 spiro atoms. The van der Waals surface area contributed by atoms with Crippen LogP contribution in [0.3, 0.4) is 0 Å². The number of piperidine rings is 1. The molecule has 4 aromatic rings. The van der Waals surface area contributed by atoms with Crippen molar-refractivity contribution in [3.05, 3.63) is 72.2 Å². The minimum Gasteiger partial charge on any atom is -0.338 e. The molecule has 1 aliphatic heterocycles. The van der Waals surface area contributed by atoms with Crippen LogP contribution in [-0.4, -0.2) is 74.1 Å². The van der Waals surface area contributed by atoms with E-state index < -0.39 is 0 Å². The second-order valence-electron chi connectivity index (χ2n) is 12.1. The first kappa shape index (κ1) is 29.0. The van der Waals surface area contributed by atoms with Crippen LogP contribution in [0.5, 0.6) is 0 Å². The van der Waals surface area contributed by atoms with Gasteiger partial charge in [0.05, 0.1) is 18.9 Å². The molecule has 2 aromatic carbocycles. The lowest BCUT2D eigenvalue weighted by molar-refractivity contribution is -0.133. The summed E-state index contributed by atoms with van der Waals surface area (Å²) in [5.74, 6) is 2.02. The molecule has 2 fully saturated rings. The average Bonchev–Trinajstić information content (AvgIpc) is 3.68. The standard InChI is InChI=1S/C34H41N7O2/c1-24-36-33(27-16-17-35-31(21-27)37-34(43)28-12-8-18-39(2)23-28)38-41(24)20-19-40(29-13-4-5-14-29)32(42)22-26-11-7-10-25-9-3-6-15-30(25)26/h3,6-7,9-11,15-17,21,28-29H,4-5,8,12-14,18-20,22-23H2,1-2H3,(H,35,37,43). The number of carbonyl (C=O) groups is 2. The lowest BCUT2D eigenvalue weighted by atomic mass is 9.97. The summed E-state index contributed by atoms with van der Waals surface area (Å²) < 4.78 is 1.89. The third-order valence-electron chi connectivity index (χ3n) is 8.98. The first-order valence-corrected chi connectivity index (χ1v) is 15.6. The highest BCUT2D eigenvalue weighted by molar-refractivity contribution is 5.92. The molecular formula is C34H41N7O2. The summed E-state index contributed by atoms with van der Waals surface area (Å²) in [5, 5.41) is 10.1. The molecule has 9 heteroatoms. The molecule has 1 saturated heterocycles. The van der Waals surface area contributed by atoms with Gasteiger partial charge in [-0.2, -0.15) is 5.10 Å². The van der Waals surface area contributed by atoms with Crippen molar-refractivity contribution in [2.45, 2.75) is 64.5 Å². The van der Waals surface area contributed by atoms with Gasteiger partial charge in [0, 0.05) is 30.9 Å².